The first-order valence-electron chi connectivity index (χ1n) is 5.14. The van der Waals surface area contributed by atoms with E-state index in [1.165, 1.54) is 0 Å². The predicted molar refractivity (Wildman–Crippen MR) is 63.0 cm³/mol. The van der Waals surface area contributed by atoms with Gasteiger partial charge in [-0.15, -0.1) is 0 Å². The molecule has 0 saturated heterocycles. The van der Waals surface area contributed by atoms with E-state index in [0.717, 1.165) is 5.75 Å². The lowest BCUT2D eigenvalue weighted by Crippen LogP contribution is -2.08. The number of hydrogen-bond donors (Lipinski definition) is 0. The Labute approximate surface area is 95.7 Å². The first-order valence-corrected chi connectivity index (χ1v) is 5.14. The summed E-state index contributed by atoms with van der Waals surface area (Å²) in [7, 11) is 1.59. The summed E-state index contributed by atoms with van der Waals surface area (Å²) in [5.41, 5.74) is 0.640. The standard InChI is InChI=1S/C13H16O3/c1-3-4-9-16-10-13(14)11-5-7-12(15-2)8-6-11/h3-8H,9-10H2,1-2H3. The number of benzene rings is 1. The van der Waals surface area contributed by atoms with Crippen molar-refractivity contribution in [3.8, 4) is 5.75 Å². The number of hydrogen-bond acceptors (Lipinski definition) is 3. The van der Waals surface area contributed by atoms with E-state index in [-0.39, 0.29) is 12.4 Å². The average Bonchev–Trinajstić information content (AvgIpc) is 2.34. The molecule has 0 radical (unpaired) electrons. The van der Waals surface area contributed by atoms with Crippen molar-refractivity contribution in [2.75, 3.05) is 20.3 Å². The number of carbonyl (C=O) groups excluding carboxylic acids is 1. The third-order valence-electron chi connectivity index (χ3n) is 2.09. The third kappa shape index (κ3) is 3.87. The van der Waals surface area contributed by atoms with Crippen molar-refractivity contribution in [1.29, 1.82) is 0 Å². The molecule has 3 nitrogen and oxygen atoms in total. The largest absolute Gasteiger partial charge is 0.497 e. The topological polar surface area (TPSA) is 35.5 Å². The van der Waals surface area contributed by atoms with Crippen LogP contribution in [0.4, 0.5) is 0 Å². The summed E-state index contributed by atoms with van der Waals surface area (Å²) in [6.07, 6.45) is 3.75. The molecule has 1 rings (SSSR count). The third-order valence-corrected chi connectivity index (χ3v) is 2.09. The molecule has 0 spiro atoms. The van der Waals surface area contributed by atoms with Gasteiger partial charge >= 0.3 is 0 Å². The van der Waals surface area contributed by atoms with E-state index in [2.05, 4.69) is 0 Å². The van der Waals surface area contributed by atoms with Gasteiger partial charge in [0, 0.05) is 5.56 Å². The maximum absolute atomic E-state index is 11.6. The molecular weight excluding hydrogens is 204 g/mol. The zero-order chi connectivity index (χ0) is 11.8. The molecule has 0 aromatic heterocycles. The van der Waals surface area contributed by atoms with Gasteiger partial charge < -0.3 is 9.47 Å². The Balaban J connectivity index is 2.46. The van der Waals surface area contributed by atoms with Crippen molar-refractivity contribution in [1.82, 2.24) is 0 Å². The number of methoxy groups -OCH3 is 1. The first kappa shape index (κ1) is 12.5. The van der Waals surface area contributed by atoms with Crippen molar-refractivity contribution in [2.24, 2.45) is 0 Å². The molecule has 0 atom stereocenters. The van der Waals surface area contributed by atoms with Crippen LogP contribution in [0.25, 0.3) is 0 Å². The van der Waals surface area contributed by atoms with E-state index in [1.54, 1.807) is 31.4 Å². The number of ketones is 1. The van der Waals surface area contributed by atoms with Crippen molar-refractivity contribution >= 4 is 5.78 Å². The smallest absolute Gasteiger partial charge is 0.188 e. The molecule has 0 amide bonds. The molecule has 0 saturated carbocycles. The lowest BCUT2D eigenvalue weighted by Gasteiger charge is -2.03. The van der Waals surface area contributed by atoms with Gasteiger partial charge in [-0.2, -0.15) is 0 Å². The highest BCUT2D eigenvalue weighted by molar-refractivity contribution is 5.97. The maximum Gasteiger partial charge on any atom is 0.188 e. The van der Waals surface area contributed by atoms with Crippen LogP contribution < -0.4 is 4.74 Å². The molecule has 0 heterocycles. The van der Waals surface area contributed by atoms with Crippen LogP contribution in [0.15, 0.2) is 36.4 Å². The van der Waals surface area contributed by atoms with Gasteiger partial charge in [-0.1, -0.05) is 12.2 Å². The van der Waals surface area contributed by atoms with Crippen LogP contribution in [0.3, 0.4) is 0 Å². The van der Waals surface area contributed by atoms with Crippen LogP contribution in [-0.2, 0) is 4.74 Å². The number of Topliss-reactive ketones (excluding diaryl/α,β-unsaturated/α-hetero) is 1. The zero-order valence-electron chi connectivity index (χ0n) is 9.60. The Kier molecular flexibility index (Phi) is 5.29. The molecule has 0 aliphatic rings. The minimum absolute atomic E-state index is 0.0212. The highest BCUT2D eigenvalue weighted by Gasteiger charge is 2.05. The van der Waals surface area contributed by atoms with Crippen molar-refractivity contribution < 1.29 is 14.3 Å². The van der Waals surface area contributed by atoms with Crippen LogP contribution in [0.2, 0.25) is 0 Å². The minimum Gasteiger partial charge on any atom is -0.497 e. The molecule has 16 heavy (non-hydrogen) atoms. The number of allylic oxidation sites excluding steroid dienone is 1. The van der Waals surface area contributed by atoms with Crippen molar-refractivity contribution in [2.45, 2.75) is 6.92 Å². The molecule has 0 unspecified atom stereocenters. The first-order chi connectivity index (χ1) is 7.77. The highest BCUT2D eigenvalue weighted by Crippen LogP contribution is 2.11. The van der Waals surface area contributed by atoms with E-state index >= 15 is 0 Å². The Morgan fingerprint density at radius 2 is 2.00 bits per heavy atom. The van der Waals surface area contributed by atoms with Crippen molar-refractivity contribution in [3.05, 3.63) is 42.0 Å². The molecule has 1 aromatic carbocycles. The summed E-state index contributed by atoms with van der Waals surface area (Å²) < 4.78 is 10.2. The van der Waals surface area contributed by atoms with E-state index < -0.39 is 0 Å². The quantitative estimate of drug-likeness (QED) is 0.419. The highest BCUT2D eigenvalue weighted by atomic mass is 16.5. The predicted octanol–water partition coefficient (Wildman–Crippen LogP) is 2.47. The number of carbonyl (C=O) groups is 1. The molecule has 86 valence electrons. The summed E-state index contributed by atoms with van der Waals surface area (Å²) in [6, 6.07) is 7.00. The second kappa shape index (κ2) is 6.80. The lowest BCUT2D eigenvalue weighted by molar-refractivity contribution is 0.0806. The summed E-state index contributed by atoms with van der Waals surface area (Å²) in [5.74, 6) is 0.721. The molecular formula is C13H16O3. The Morgan fingerprint density at radius 3 is 2.56 bits per heavy atom. The summed E-state index contributed by atoms with van der Waals surface area (Å²) >= 11 is 0. The monoisotopic (exact) mass is 220 g/mol. The van der Waals surface area contributed by atoms with Crippen LogP contribution in [0.1, 0.15) is 17.3 Å². The number of rotatable bonds is 6. The molecule has 1 aromatic rings. The van der Waals surface area contributed by atoms with Gasteiger partial charge in [-0.05, 0) is 31.2 Å². The maximum atomic E-state index is 11.6. The van der Waals surface area contributed by atoms with Crippen LogP contribution >= 0.6 is 0 Å². The van der Waals surface area contributed by atoms with E-state index in [1.807, 2.05) is 19.1 Å². The molecule has 0 fully saturated rings. The van der Waals surface area contributed by atoms with E-state index in [4.69, 9.17) is 9.47 Å². The minimum atomic E-state index is -0.0212. The van der Waals surface area contributed by atoms with Crippen LogP contribution in [-0.4, -0.2) is 26.1 Å². The van der Waals surface area contributed by atoms with E-state index in [9.17, 15) is 4.79 Å². The Morgan fingerprint density at radius 1 is 1.31 bits per heavy atom. The second-order valence-corrected chi connectivity index (χ2v) is 3.24. The Bertz CT molecular complexity index is 352. The van der Waals surface area contributed by atoms with Gasteiger partial charge in [0.25, 0.3) is 0 Å². The zero-order valence-corrected chi connectivity index (χ0v) is 9.60. The second-order valence-electron chi connectivity index (χ2n) is 3.24. The van der Waals surface area contributed by atoms with Gasteiger partial charge in [-0.3, -0.25) is 4.79 Å². The summed E-state index contributed by atoms with van der Waals surface area (Å²) in [5, 5.41) is 0. The SMILES string of the molecule is CC=CCOCC(=O)c1ccc(OC)cc1. The summed E-state index contributed by atoms with van der Waals surface area (Å²) in [4.78, 5) is 11.6. The average molecular weight is 220 g/mol. The number of ether oxygens (including phenoxy) is 2. The van der Waals surface area contributed by atoms with Gasteiger partial charge in [0.2, 0.25) is 0 Å². The van der Waals surface area contributed by atoms with Crippen LogP contribution in [0, 0.1) is 0 Å². The van der Waals surface area contributed by atoms with Crippen LogP contribution in [0.5, 0.6) is 5.75 Å². The van der Waals surface area contributed by atoms with Gasteiger partial charge in [0.05, 0.1) is 13.7 Å². The lowest BCUT2D eigenvalue weighted by atomic mass is 10.1. The fourth-order valence-corrected chi connectivity index (χ4v) is 1.18. The van der Waals surface area contributed by atoms with Crippen molar-refractivity contribution in [3.63, 3.8) is 0 Å². The fraction of sp³-hybridized carbons (Fsp3) is 0.308. The fourth-order valence-electron chi connectivity index (χ4n) is 1.18. The molecule has 0 aliphatic carbocycles. The molecule has 3 heteroatoms. The summed E-state index contributed by atoms with van der Waals surface area (Å²) in [6.45, 7) is 2.49. The normalized spacial score (nSPS) is 10.6. The molecule has 0 aliphatic heterocycles. The molecule has 0 bridgehead atoms. The Hall–Kier alpha value is -1.61. The molecule has 0 N–H and O–H groups in total. The van der Waals surface area contributed by atoms with Gasteiger partial charge in [0.15, 0.2) is 5.78 Å². The van der Waals surface area contributed by atoms with Gasteiger partial charge in [-0.25, -0.2) is 0 Å². The van der Waals surface area contributed by atoms with E-state index in [0.29, 0.717) is 12.2 Å². The van der Waals surface area contributed by atoms with Gasteiger partial charge in [0.1, 0.15) is 12.4 Å².